The van der Waals surface area contributed by atoms with Gasteiger partial charge >= 0.3 is 0 Å². The van der Waals surface area contributed by atoms with E-state index in [0.29, 0.717) is 10.9 Å². The summed E-state index contributed by atoms with van der Waals surface area (Å²) in [5.74, 6) is 0.457. The number of benzene rings is 1. The first-order valence-electron chi connectivity index (χ1n) is 6.92. The lowest BCUT2D eigenvalue weighted by Gasteiger charge is -2.27. The highest BCUT2D eigenvalue weighted by Crippen LogP contribution is 2.10. The molecule has 5 nitrogen and oxygen atoms in total. The summed E-state index contributed by atoms with van der Waals surface area (Å²) < 4.78 is 24.1. The van der Waals surface area contributed by atoms with E-state index in [0.717, 1.165) is 25.9 Å². The van der Waals surface area contributed by atoms with Crippen molar-refractivity contribution in [2.45, 2.75) is 24.2 Å². The molecule has 1 aliphatic rings. The molecule has 1 fully saturated rings. The van der Waals surface area contributed by atoms with E-state index in [2.05, 4.69) is 4.99 Å². The SMILES string of the molecule is I.NC(=NCCS(=O)(=O)c1ccccc1)N1CCCCC1. The summed E-state index contributed by atoms with van der Waals surface area (Å²) in [4.78, 5) is 6.57. The third-order valence-electron chi connectivity index (χ3n) is 3.42. The van der Waals surface area contributed by atoms with Crippen LogP contribution < -0.4 is 5.73 Å². The van der Waals surface area contributed by atoms with E-state index in [9.17, 15) is 8.42 Å². The van der Waals surface area contributed by atoms with Crippen molar-refractivity contribution in [1.82, 2.24) is 4.90 Å². The van der Waals surface area contributed by atoms with Crippen molar-refractivity contribution in [3.8, 4) is 0 Å². The average Bonchev–Trinajstić information content (AvgIpc) is 2.49. The van der Waals surface area contributed by atoms with Crippen molar-refractivity contribution in [1.29, 1.82) is 0 Å². The van der Waals surface area contributed by atoms with Crippen LogP contribution in [0.4, 0.5) is 0 Å². The van der Waals surface area contributed by atoms with E-state index in [1.54, 1.807) is 30.3 Å². The molecular weight excluding hydrogens is 401 g/mol. The molecule has 0 aromatic heterocycles. The summed E-state index contributed by atoms with van der Waals surface area (Å²) in [6.45, 7) is 2.04. The van der Waals surface area contributed by atoms with E-state index in [1.165, 1.54) is 6.42 Å². The molecule has 0 saturated carbocycles. The maximum absolute atomic E-state index is 12.1. The minimum atomic E-state index is -3.27. The third-order valence-corrected chi connectivity index (χ3v) is 5.13. The highest BCUT2D eigenvalue weighted by Gasteiger charge is 2.15. The summed E-state index contributed by atoms with van der Waals surface area (Å²) in [6, 6.07) is 8.45. The monoisotopic (exact) mass is 423 g/mol. The lowest BCUT2D eigenvalue weighted by molar-refractivity contribution is 0.338. The molecule has 2 rings (SSSR count). The highest BCUT2D eigenvalue weighted by atomic mass is 127. The van der Waals surface area contributed by atoms with E-state index < -0.39 is 9.84 Å². The van der Waals surface area contributed by atoms with Gasteiger partial charge < -0.3 is 10.6 Å². The van der Waals surface area contributed by atoms with E-state index in [1.807, 2.05) is 4.90 Å². The van der Waals surface area contributed by atoms with Crippen LogP contribution in [0.1, 0.15) is 19.3 Å². The molecule has 2 N–H and O–H groups in total. The summed E-state index contributed by atoms with van der Waals surface area (Å²) >= 11 is 0. The van der Waals surface area contributed by atoms with Gasteiger partial charge in [-0.15, -0.1) is 24.0 Å². The molecule has 0 atom stereocenters. The molecule has 0 bridgehead atoms. The van der Waals surface area contributed by atoms with Crippen LogP contribution in [0.15, 0.2) is 40.2 Å². The Morgan fingerprint density at radius 3 is 2.38 bits per heavy atom. The maximum atomic E-state index is 12.1. The van der Waals surface area contributed by atoms with Gasteiger partial charge in [0, 0.05) is 13.1 Å². The molecule has 1 aromatic rings. The molecule has 1 heterocycles. The first-order valence-corrected chi connectivity index (χ1v) is 8.57. The lowest BCUT2D eigenvalue weighted by atomic mass is 10.1. The van der Waals surface area contributed by atoms with Crippen LogP contribution >= 0.6 is 24.0 Å². The molecular formula is C14H22IN3O2S. The molecule has 0 spiro atoms. The third kappa shape index (κ3) is 5.46. The Labute approximate surface area is 143 Å². The number of hydrogen-bond acceptors (Lipinski definition) is 3. The van der Waals surface area contributed by atoms with Gasteiger partial charge in [-0.2, -0.15) is 0 Å². The molecule has 0 radical (unpaired) electrons. The zero-order valence-electron chi connectivity index (χ0n) is 11.9. The van der Waals surface area contributed by atoms with Gasteiger partial charge in [0.15, 0.2) is 15.8 Å². The molecule has 1 saturated heterocycles. The zero-order chi connectivity index (χ0) is 14.4. The highest BCUT2D eigenvalue weighted by molar-refractivity contribution is 14.0. The summed E-state index contributed by atoms with van der Waals surface area (Å²) in [7, 11) is -3.27. The van der Waals surface area contributed by atoms with Crippen LogP contribution in [0.3, 0.4) is 0 Å². The average molecular weight is 423 g/mol. The number of piperidine rings is 1. The van der Waals surface area contributed by atoms with Gasteiger partial charge in [-0.1, -0.05) is 18.2 Å². The van der Waals surface area contributed by atoms with Crippen molar-refractivity contribution < 1.29 is 8.42 Å². The van der Waals surface area contributed by atoms with E-state index in [-0.39, 0.29) is 36.3 Å². The van der Waals surface area contributed by atoms with Gasteiger partial charge in [0.05, 0.1) is 17.2 Å². The van der Waals surface area contributed by atoms with Gasteiger partial charge in [0.1, 0.15) is 0 Å². The summed E-state index contributed by atoms with van der Waals surface area (Å²) in [5.41, 5.74) is 5.90. The normalized spacial score (nSPS) is 16.4. The minimum absolute atomic E-state index is 0. The van der Waals surface area contributed by atoms with Crippen molar-refractivity contribution in [2.24, 2.45) is 10.7 Å². The first-order chi connectivity index (χ1) is 9.59. The van der Waals surface area contributed by atoms with Crippen molar-refractivity contribution in [3.05, 3.63) is 30.3 Å². The molecule has 7 heteroatoms. The number of guanidine groups is 1. The predicted molar refractivity (Wildman–Crippen MR) is 95.8 cm³/mol. The minimum Gasteiger partial charge on any atom is -0.370 e. The number of sulfone groups is 1. The Hall–Kier alpha value is -0.830. The second-order valence-electron chi connectivity index (χ2n) is 4.92. The number of rotatable bonds is 4. The van der Waals surface area contributed by atoms with E-state index in [4.69, 9.17) is 5.73 Å². The molecule has 0 aliphatic carbocycles. The smallest absolute Gasteiger partial charge is 0.191 e. The standard InChI is InChI=1S/C14H21N3O2S.HI/c15-14(17-10-5-2-6-11-17)16-9-12-20(18,19)13-7-3-1-4-8-13;/h1,3-4,7-8H,2,5-6,9-12H2,(H2,15,16);1H. The van der Waals surface area contributed by atoms with Crippen LogP contribution in [-0.4, -0.2) is 44.7 Å². The molecule has 21 heavy (non-hydrogen) atoms. The van der Waals surface area contributed by atoms with Crippen LogP contribution in [0.2, 0.25) is 0 Å². The number of nitrogens with zero attached hydrogens (tertiary/aromatic N) is 2. The van der Waals surface area contributed by atoms with Gasteiger partial charge in [0.2, 0.25) is 0 Å². The zero-order valence-corrected chi connectivity index (χ0v) is 15.1. The quantitative estimate of drug-likeness (QED) is 0.456. The Bertz CT molecular complexity index is 555. The van der Waals surface area contributed by atoms with Gasteiger partial charge in [0.25, 0.3) is 0 Å². The van der Waals surface area contributed by atoms with Crippen LogP contribution in [-0.2, 0) is 9.84 Å². The predicted octanol–water partition coefficient (Wildman–Crippen LogP) is 1.88. The number of likely N-dealkylation sites (tertiary alicyclic amines) is 1. The Kier molecular flexibility index (Phi) is 7.44. The Morgan fingerprint density at radius 2 is 1.76 bits per heavy atom. The fourth-order valence-electron chi connectivity index (χ4n) is 2.25. The Balaban J connectivity index is 0.00000220. The molecule has 1 aromatic carbocycles. The largest absolute Gasteiger partial charge is 0.370 e. The fraction of sp³-hybridized carbons (Fsp3) is 0.500. The Morgan fingerprint density at radius 1 is 1.14 bits per heavy atom. The first kappa shape index (κ1) is 18.2. The second-order valence-corrected chi connectivity index (χ2v) is 7.03. The summed E-state index contributed by atoms with van der Waals surface area (Å²) in [6.07, 6.45) is 3.48. The van der Waals surface area contributed by atoms with Crippen molar-refractivity contribution in [2.75, 3.05) is 25.4 Å². The summed E-state index contributed by atoms with van der Waals surface area (Å²) in [5, 5.41) is 0. The van der Waals surface area contributed by atoms with Crippen LogP contribution in [0, 0.1) is 0 Å². The number of aliphatic imine (C=N–C) groups is 1. The van der Waals surface area contributed by atoms with Crippen LogP contribution in [0.25, 0.3) is 0 Å². The van der Waals surface area contributed by atoms with Crippen molar-refractivity contribution in [3.63, 3.8) is 0 Å². The van der Waals surface area contributed by atoms with Gasteiger partial charge in [-0.3, -0.25) is 4.99 Å². The number of nitrogens with two attached hydrogens (primary N) is 1. The van der Waals surface area contributed by atoms with Gasteiger partial charge in [-0.05, 0) is 31.4 Å². The second kappa shape index (κ2) is 8.57. The molecule has 1 aliphatic heterocycles. The van der Waals surface area contributed by atoms with Crippen molar-refractivity contribution >= 4 is 39.8 Å². The topological polar surface area (TPSA) is 75.8 Å². The lowest BCUT2D eigenvalue weighted by Crippen LogP contribution is -2.41. The molecule has 118 valence electrons. The van der Waals surface area contributed by atoms with E-state index >= 15 is 0 Å². The maximum Gasteiger partial charge on any atom is 0.191 e. The van der Waals surface area contributed by atoms with Crippen LogP contribution in [0.5, 0.6) is 0 Å². The molecule has 0 unspecified atom stereocenters. The number of halogens is 1. The number of hydrogen-bond donors (Lipinski definition) is 1. The fourth-order valence-corrected chi connectivity index (χ4v) is 3.39. The molecule has 0 amide bonds. The van der Waals surface area contributed by atoms with Gasteiger partial charge in [-0.25, -0.2) is 8.42 Å².